The van der Waals surface area contributed by atoms with Crippen LogP contribution in [-0.4, -0.2) is 55.4 Å². The summed E-state index contributed by atoms with van der Waals surface area (Å²) in [6.45, 7) is 4.68. The van der Waals surface area contributed by atoms with Crippen molar-refractivity contribution in [2.45, 2.75) is 37.6 Å². The van der Waals surface area contributed by atoms with Gasteiger partial charge in [0.25, 0.3) is 5.91 Å². The average molecular weight is 404 g/mol. The predicted octanol–water partition coefficient (Wildman–Crippen LogP) is 1.69. The third kappa shape index (κ3) is 4.31. The van der Waals surface area contributed by atoms with Gasteiger partial charge in [0, 0.05) is 31.5 Å². The maximum Gasteiger partial charge on any atom is 0.274 e. The zero-order valence-electron chi connectivity index (χ0n) is 16.2. The molecular weight excluding hydrogens is 380 g/mol. The number of hydrogen-bond donors (Lipinski definition) is 1. The van der Waals surface area contributed by atoms with Gasteiger partial charge in [-0.3, -0.25) is 9.78 Å². The van der Waals surface area contributed by atoms with Crippen LogP contribution in [0.2, 0.25) is 0 Å². The molecule has 3 rings (SSSR count). The number of piperidine rings is 1. The summed E-state index contributed by atoms with van der Waals surface area (Å²) >= 11 is 0. The number of aryl methyl sites for hydroxylation is 2. The first-order valence-electron chi connectivity index (χ1n) is 9.04. The van der Waals surface area contributed by atoms with Gasteiger partial charge < -0.3 is 9.64 Å². The lowest BCUT2D eigenvalue weighted by atomic mass is 10.1. The summed E-state index contributed by atoms with van der Waals surface area (Å²) in [7, 11) is -2.27. The topological polar surface area (TPSA) is 101 Å². The number of nitrogens with zero attached hydrogens (tertiary/aromatic N) is 3. The van der Waals surface area contributed by atoms with E-state index in [1.165, 1.54) is 25.7 Å². The van der Waals surface area contributed by atoms with Crippen LogP contribution in [0.4, 0.5) is 0 Å². The number of hydrogen-bond acceptors (Lipinski definition) is 6. The number of likely N-dealkylation sites (tertiary alicyclic amines) is 1. The van der Waals surface area contributed by atoms with Gasteiger partial charge in [-0.15, -0.1) is 0 Å². The standard InChI is InChI=1S/C19H24N4O4S/c1-13-10-17(27-3)18(11-14(13)2)28(25,26)22-15-4-8-23(9-5-15)19(24)16-12-20-6-7-21-16/h6-7,10-12,15,22H,4-5,8-9H2,1-3H3. The molecule has 1 aliphatic heterocycles. The Labute approximate surface area is 165 Å². The number of aromatic nitrogens is 2. The number of rotatable bonds is 5. The van der Waals surface area contributed by atoms with Crippen molar-refractivity contribution in [1.82, 2.24) is 19.6 Å². The second kappa shape index (κ2) is 8.24. The van der Waals surface area contributed by atoms with E-state index in [2.05, 4.69) is 14.7 Å². The van der Waals surface area contributed by atoms with Gasteiger partial charge >= 0.3 is 0 Å². The molecule has 1 saturated heterocycles. The predicted molar refractivity (Wildman–Crippen MR) is 104 cm³/mol. The number of amides is 1. The fraction of sp³-hybridized carbons (Fsp3) is 0.421. The zero-order valence-corrected chi connectivity index (χ0v) is 17.0. The van der Waals surface area contributed by atoms with Crippen LogP contribution in [0.5, 0.6) is 5.75 Å². The van der Waals surface area contributed by atoms with Gasteiger partial charge in [0.15, 0.2) is 0 Å². The van der Waals surface area contributed by atoms with Gasteiger partial charge in [-0.2, -0.15) is 0 Å². The van der Waals surface area contributed by atoms with E-state index < -0.39 is 10.0 Å². The van der Waals surface area contributed by atoms with Crippen molar-refractivity contribution >= 4 is 15.9 Å². The van der Waals surface area contributed by atoms with Crippen molar-refractivity contribution in [2.24, 2.45) is 0 Å². The van der Waals surface area contributed by atoms with Gasteiger partial charge in [0.2, 0.25) is 10.0 Å². The largest absolute Gasteiger partial charge is 0.495 e. The van der Waals surface area contributed by atoms with Gasteiger partial charge in [0.1, 0.15) is 16.3 Å². The van der Waals surface area contributed by atoms with E-state index in [9.17, 15) is 13.2 Å². The Morgan fingerprint density at radius 2 is 1.86 bits per heavy atom. The maximum atomic E-state index is 12.9. The molecule has 0 atom stereocenters. The molecule has 1 N–H and O–H groups in total. The first kappa shape index (κ1) is 20.2. The number of carbonyl (C=O) groups is 1. The van der Waals surface area contributed by atoms with Crippen molar-refractivity contribution < 1.29 is 17.9 Å². The highest BCUT2D eigenvalue weighted by molar-refractivity contribution is 7.89. The van der Waals surface area contributed by atoms with E-state index >= 15 is 0 Å². The average Bonchev–Trinajstić information content (AvgIpc) is 2.70. The normalized spacial score (nSPS) is 15.5. The molecule has 1 fully saturated rings. The Bertz CT molecular complexity index is 955. The monoisotopic (exact) mass is 404 g/mol. The van der Waals surface area contributed by atoms with Crippen LogP contribution in [0.25, 0.3) is 0 Å². The van der Waals surface area contributed by atoms with Crippen molar-refractivity contribution in [1.29, 1.82) is 0 Å². The van der Waals surface area contributed by atoms with E-state index in [1.807, 2.05) is 13.8 Å². The molecule has 2 aromatic rings. The quantitative estimate of drug-likeness (QED) is 0.814. The molecule has 0 aliphatic carbocycles. The van der Waals surface area contributed by atoms with E-state index in [4.69, 9.17) is 4.74 Å². The van der Waals surface area contributed by atoms with Gasteiger partial charge in [-0.1, -0.05) is 0 Å². The number of benzene rings is 1. The molecule has 8 nitrogen and oxygen atoms in total. The third-order valence-electron chi connectivity index (χ3n) is 4.96. The van der Waals surface area contributed by atoms with E-state index in [0.29, 0.717) is 37.4 Å². The molecule has 1 aliphatic rings. The molecule has 0 saturated carbocycles. The highest BCUT2D eigenvalue weighted by Crippen LogP contribution is 2.28. The van der Waals surface area contributed by atoms with Crippen molar-refractivity contribution in [2.75, 3.05) is 20.2 Å². The van der Waals surface area contributed by atoms with Crippen LogP contribution in [0.1, 0.15) is 34.5 Å². The highest BCUT2D eigenvalue weighted by atomic mass is 32.2. The van der Waals surface area contributed by atoms with Gasteiger partial charge in [-0.25, -0.2) is 18.1 Å². The summed E-state index contributed by atoms with van der Waals surface area (Å²) < 4.78 is 33.8. The van der Waals surface area contributed by atoms with Crippen LogP contribution in [-0.2, 0) is 10.0 Å². The number of nitrogens with one attached hydrogen (secondary N) is 1. The Balaban J connectivity index is 1.67. The smallest absolute Gasteiger partial charge is 0.274 e. The van der Waals surface area contributed by atoms with E-state index in [0.717, 1.165) is 11.1 Å². The Morgan fingerprint density at radius 1 is 1.18 bits per heavy atom. The SMILES string of the molecule is COc1cc(C)c(C)cc1S(=O)(=O)NC1CCN(C(=O)c2cnccn2)CC1. The van der Waals surface area contributed by atoms with E-state index in [-0.39, 0.29) is 16.8 Å². The minimum absolute atomic E-state index is 0.135. The number of methoxy groups -OCH3 is 1. The maximum absolute atomic E-state index is 12.9. The fourth-order valence-electron chi connectivity index (χ4n) is 3.19. The first-order chi connectivity index (χ1) is 13.3. The summed E-state index contributed by atoms with van der Waals surface area (Å²) in [5, 5.41) is 0. The summed E-state index contributed by atoms with van der Waals surface area (Å²) in [6.07, 6.45) is 5.48. The lowest BCUT2D eigenvalue weighted by Crippen LogP contribution is -2.46. The number of ether oxygens (including phenoxy) is 1. The minimum atomic E-state index is -3.73. The first-order valence-corrected chi connectivity index (χ1v) is 10.5. The molecule has 0 bridgehead atoms. The van der Waals surface area contributed by atoms with Gasteiger partial charge in [0.05, 0.1) is 13.3 Å². The van der Waals surface area contributed by atoms with Crippen LogP contribution < -0.4 is 9.46 Å². The molecule has 1 aromatic heterocycles. The molecule has 1 aromatic carbocycles. The van der Waals surface area contributed by atoms with Crippen LogP contribution in [0.15, 0.2) is 35.6 Å². The summed E-state index contributed by atoms with van der Waals surface area (Å²) in [5.74, 6) is 0.135. The van der Waals surface area contributed by atoms with Crippen molar-refractivity contribution in [3.63, 3.8) is 0 Å². The molecule has 28 heavy (non-hydrogen) atoms. The summed E-state index contributed by atoms with van der Waals surface area (Å²) in [5.41, 5.74) is 2.14. The molecular formula is C19H24N4O4S. The number of sulfonamides is 1. The molecule has 0 spiro atoms. The van der Waals surface area contributed by atoms with Crippen molar-refractivity contribution in [3.8, 4) is 5.75 Å². The summed E-state index contributed by atoms with van der Waals surface area (Å²) in [4.78, 5) is 22.2. The van der Waals surface area contributed by atoms with Crippen LogP contribution >= 0.6 is 0 Å². The Hall–Kier alpha value is -2.52. The molecule has 1 amide bonds. The highest BCUT2D eigenvalue weighted by Gasteiger charge is 2.29. The van der Waals surface area contributed by atoms with E-state index in [1.54, 1.807) is 17.0 Å². The van der Waals surface area contributed by atoms with Crippen molar-refractivity contribution in [3.05, 3.63) is 47.5 Å². The molecule has 0 radical (unpaired) electrons. The van der Waals surface area contributed by atoms with Gasteiger partial charge in [-0.05, 0) is 49.9 Å². The lowest BCUT2D eigenvalue weighted by molar-refractivity contribution is 0.0705. The van der Waals surface area contributed by atoms with Crippen LogP contribution in [0.3, 0.4) is 0 Å². The zero-order chi connectivity index (χ0) is 20.3. The molecule has 9 heteroatoms. The third-order valence-corrected chi connectivity index (χ3v) is 6.50. The molecule has 150 valence electrons. The molecule has 0 unspecified atom stereocenters. The second-order valence-corrected chi connectivity index (χ2v) is 8.55. The molecule has 2 heterocycles. The summed E-state index contributed by atoms with van der Waals surface area (Å²) in [6, 6.07) is 3.11. The van der Waals surface area contributed by atoms with Crippen LogP contribution in [0, 0.1) is 13.8 Å². The Morgan fingerprint density at radius 3 is 2.46 bits per heavy atom. The Kier molecular flexibility index (Phi) is 5.95. The minimum Gasteiger partial charge on any atom is -0.495 e. The number of carbonyl (C=O) groups excluding carboxylic acids is 1. The fourth-order valence-corrected chi connectivity index (χ4v) is 4.73. The lowest BCUT2D eigenvalue weighted by Gasteiger charge is -2.32. The second-order valence-electron chi connectivity index (χ2n) is 6.87.